The Morgan fingerprint density at radius 3 is 2.14 bits per heavy atom. The van der Waals surface area contributed by atoms with Crippen LogP contribution in [0.2, 0.25) is 0 Å². The first kappa shape index (κ1) is 19.7. The molecule has 0 bridgehead atoms. The third-order valence-corrected chi connectivity index (χ3v) is 4.09. The Balaban J connectivity index is 1.67. The van der Waals surface area contributed by atoms with Crippen LogP contribution in [0, 0.1) is 24.0 Å². The maximum absolute atomic E-state index is 12.1. The molecular weight excluding hydrogens is 374 g/mol. The number of nitro benzene ring substituents is 1. The number of nitro groups is 1. The molecule has 0 aliphatic heterocycles. The van der Waals surface area contributed by atoms with E-state index < -0.39 is 10.9 Å². The van der Waals surface area contributed by atoms with Crippen molar-refractivity contribution in [2.75, 3.05) is 0 Å². The van der Waals surface area contributed by atoms with Crippen LogP contribution in [-0.4, -0.2) is 26.0 Å². The van der Waals surface area contributed by atoms with E-state index in [1.54, 1.807) is 6.08 Å². The fourth-order valence-electron chi connectivity index (χ4n) is 2.60. The molecule has 0 radical (unpaired) electrons. The zero-order chi connectivity index (χ0) is 21.0. The summed E-state index contributed by atoms with van der Waals surface area (Å²) in [6.45, 7) is 3.66. The van der Waals surface area contributed by atoms with Gasteiger partial charge in [0.05, 0.1) is 4.92 Å². The number of ether oxygens (including phenoxy) is 1. The number of rotatable bonds is 5. The standard InChI is InChI=1S/C21H17N3O5/c1-13-9-15(10-14(2)19(13)25)3-4-16-11-22-20(23-12-16)21(26)29-18-7-5-17(6-8-18)24(27)28/h3-12,25H,1-2H3. The third kappa shape index (κ3) is 4.81. The highest BCUT2D eigenvalue weighted by Crippen LogP contribution is 2.24. The number of non-ortho nitro benzene ring substituents is 1. The minimum Gasteiger partial charge on any atom is -0.507 e. The lowest BCUT2D eigenvalue weighted by Gasteiger charge is -2.05. The van der Waals surface area contributed by atoms with Gasteiger partial charge in [-0.3, -0.25) is 10.1 Å². The molecule has 1 heterocycles. The molecule has 1 N–H and O–H groups in total. The number of nitrogens with zero attached hydrogens (tertiary/aromatic N) is 3. The van der Waals surface area contributed by atoms with Crippen molar-refractivity contribution in [3.05, 3.63) is 87.0 Å². The molecule has 0 amide bonds. The van der Waals surface area contributed by atoms with E-state index >= 15 is 0 Å². The van der Waals surface area contributed by atoms with Gasteiger partial charge in [-0.1, -0.05) is 12.2 Å². The first-order valence-electron chi connectivity index (χ1n) is 8.60. The fraction of sp³-hybridized carbons (Fsp3) is 0.0952. The number of benzene rings is 2. The zero-order valence-corrected chi connectivity index (χ0v) is 15.7. The van der Waals surface area contributed by atoms with Crippen LogP contribution in [0.25, 0.3) is 12.2 Å². The van der Waals surface area contributed by atoms with Crippen molar-refractivity contribution in [2.45, 2.75) is 13.8 Å². The monoisotopic (exact) mass is 391 g/mol. The van der Waals surface area contributed by atoms with Gasteiger partial charge in [-0.2, -0.15) is 0 Å². The molecule has 3 aromatic rings. The van der Waals surface area contributed by atoms with E-state index in [2.05, 4.69) is 9.97 Å². The summed E-state index contributed by atoms with van der Waals surface area (Å²) in [6.07, 6.45) is 6.61. The van der Waals surface area contributed by atoms with Gasteiger partial charge in [0.2, 0.25) is 5.82 Å². The Labute approximate surface area is 166 Å². The molecule has 3 rings (SSSR count). The number of aryl methyl sites for hydroxylation is 2. The molecule has 0 saturated heterocycles. The summed E-state index contributed by atoms with van der Waals surface area (Å²) in [5.74, 6) is -0.455. The number of esters is 1. The van der Waals surface area contributed by atoms with Crippen molar-refractivity contribution in [3.63, 3.8) is 0 Å². The Morgan fingerprint density at radius 2 is 1.59 bits per heavy atom. The van der Waals surface area contributed by atoms with E-state index in [0.29, 0.717) is 5.56 Å². The highest BCUT2D eigenvalue weighted by molar-refractivity contribution is 5.87. The van der Waals surface area contributed by atoms with Gasteiger partial charge >= 0.3 is 5.97 Å². The highest BCUT2D eigenvalue weighted by Gasteiger charge is 2.13. The van der Waals surface area contributed by atoms with Gasteiger partial charge in [0.1, 0.15) is 11.5 Å². The second kappa shape index (κ2) is 8.30. The molecule has 146 valence electrons. The van der Waals surface area contributed by atoms with Crippen LogP contribution in [0.15, 0.2) is 48.8 Å². The molecular formula is C21H17N3O5. The van der Waals surface area contributed by atoms with Crippen molar-refractivity contribution in [1.82, 2.24) is 9.97 Å². The second-order valence-electron chi connectivity index (χ2n) is 6.32. The maximum atomic E-state index is 12.1. The summed E-state index contributed by atoms with van der Waals surface area (Å²) >= 11 is 0. The van der Waals surface area contributed by atoms with Gasteiger partial charge in [0.15, 0.2) is 0 Å². The van der Waals surface area contributed by atoms with Crippen LogP contribution in [0.3, 0.4) is 0 Å². The maximum Gasteiger partial charge on any atom is 0.381 e. The van der Waals surface area contributed by atoms with Crippen molar-refractivity contribution in [1.29, 1.82) is 0 Å². The summed E-state index contributed by atoms with van der Waals surface area (Å²) in [5, 5.41) is 20.5. The van der Waals surface area contributed by atoms with Crippen LogP contribution in [0.1, 0.15) is 32.9 Å². The van der Waals surface area contributed by atoms with Crippen LogP contribution in [0.4, 0.5) is 5.69 Å². The average Bonchev–Trinajstić information content (AvgIpc) is 2.71. The number of hydrogen-bond donors (Lipinski definition) is 1. The van der Waals surface area contributed by atoms with E-state index in [0.717, 1.165) is 16.7 Å². The number of hydrogen-bond acceptors (Lipinski definition) is 7. The molecule has 2 aromatic carbocycles. The predicted octanol–water partition coefficient (Wildman–Crippen LogP) is 4.10. The Morgan fingerprint density at radius 1 is 1.03 bits per heavy atom. The largest absolute Gasteiger partial charge is 0.507 e. The second-order valence-corrected chi connectivity index (χ2v) is 6.32. The Hall–Kier alpha value is -4.07. The molecule has 0 saturated carbocycles. The van der Waals surface area contributed by atoms with Gasteiger partial charge in [0.25, 0.3) is 5.69 Å². The summed E-state index contributed by atoms with van der Waals surface area (Å²) in [6, 6.07) is 8.85. The van der Waals surface area contributed by atoms with Crippen LogP contribution < -0.4 is 4.74 Å². The van der Waals surface area contributed by atoms with Gasteiger partial charge < -0.3 is 9.84 Å². The quantitative estimate of drug-likeness (QED) is 0.301. The minimum atomic E-state index is -0.765. The summed E-state index contributed by atoms with van der Waals surface area (Å²) in [7, 11) is 0. The fourth-order valence-corrected chi connectivity index (χ4v) is 2.60. The number of aromatic nitrogens is 2. The molecule has 29 heavy (non-hydrogen) atoms. The average molecular weight is 391 g/mol. The van der Waals surface area contributed by atoms with Crippen molar-refractivity contribution in [2.24, 2.45) is 0 Å². The van der Waals surface area contributed by atoms with Gasteiger partial charge in [-0.05, 0) is 54.8 Å². The SMILES string of the molecule is Cc1cc(C=Cc2cnc(C(=O)Oc3ccc([N+](=O)[O-])cc3)nc2)cc(C)c1O. The van der Waals surface area contributed by atoms with Gasteiger partial charge in [-0.15, -0.1) is 0 Å². The molecule has 0 spiro atoms. The van der Waals surface area contributed by atoms with Crippen molar-refractivity contribution < 1.29 is 19.6 Å². The first-order chi connectivity index (χ1) is 13.8. The molecule has 0 atom stereocenters. The van der Waals surface area contributed by atoms with E-state index in [1.807, 2.05) is 32.1 Å². The number of phenols is 1. The number of aromatic hydroxyl groups is 1. The number of carbonyl (C=O) groups excluding carboxylic acids is 1. The summed E-state index contributed by atoms with van der Waals surface area (Å²) in [5.41, 5.74) is 3.06. The topological polar surface area (TPSA) is 115 Å². The smallest absolute Gasteiger partial charge is 0.381 e. The van der Waals surface area contributed by atoms with Crippen molar-refractivity contribution in [3.8, 4) is 11.5 Å². The van der Waals surface area contributed by atoms with E-state index in [4.69, 9.17) is 4.74 Å². The Kier molecular flexibility index (Phi) is 5.64. The minimum absolute atomic E-state index is 0.101. The van der Waals surface area contributed by atoms with E-state index in [9.17, 15) is 20.0 Å². The molecule has 0 aliphatic carbocycles. The van der Waals surface area contributed by atoms with Crippen LogP contribution >= 0.6 is 0 Å². The lowest BCUT2D eigenvalue weighted by molar-refractivity contribution is -0.384. The van der Waals surface area contributed by atoms with E-state index in [1.165, 1.54) is 36.7 Å². The zero-order valence-electron chi connectivity index (χ0n) is 15.7. The molecule has 1 aromatic heterocycles. The first-order valence-corrected chi connectivity index (χ1v) is 8.60. The lowest BCUT2D eigenvalue weighted by atomic mass is 10.1. The third-order valence-electron chi connectivity index (χ3n) is 4.09. The van der Waals surface area contributed by atoms with Crippen LogP contribution in [0.5, 0.6) is 11.5 Å². The van der Waals surface area contributed by atoms with E-state index in [-0.39, 0.29) is 23.0 Å². The normalized spacial score (nSPS) is 10.8. The van der Waals surface area contributed by atoms with Crippen LogP contribution in [-0.2, 0) is 0 Å². The Bertz CT molecular complexity index is 1070. The molecule has 0 unspecified atom stereocenters. The van der Waals surface area contributed by atoms with Gasteiger partial charge in [-0.25, -0.2) is 14.8 Å². The molecule has 8 nitrogen and oxygen atoms in total. The predicted molar refractivity (Wildman–Crippen MR) is 107 cm³/mol. The lowest BCUT2D eigenvalue weighted by Crippen LogP contribution is -2.12. The highest BCUT2D eigenvalue weighted by atomic mass is 16.6. The summed E-state index contributed by atoms with van der Waals surface area (Å²) in [4.78, 5) is 30.2. The summed E-state index contributed by atoms with van der Waals surface area (Å²) < 4.78 is 5.11. The number of carbonyl (C=O) groups is 1. The molecule has 0 aliphatic rings. The van der Waals surface area contributed by atoms with Crippen molar-refractivity contribution >= 4 is 23.8 Å². The molecule has 0 fully saturated rings. The molecule has 8 heteroatoms. The van der Waals surface area contributed by atoms with Gasteiger partial charge in [0, 0.05) is 30.1 Å². The number of phenolic OH excluding ortho intramolecular Hbond substituents is 1.